The van der Waals surface area contributed by atoms with Crippen LogP contribution >= 0.6 is 0 Å². The number of carbonyl (C=O) groups excluding carboxylic acids is 1. The average Bonchev–Trinajstić information content (AvgIpc) is 2.36. The van der Waals surface area contributed by atoms with E-state index in [-0.39, 0.29) is 0 Å². The summed E-state index contributed by atoms with van der Waals surface area (Å²) in [7, 11) is 1.87. The minimum absolute atomic E-state index is 0.349. The van der Waals surface area contributed by atoms with Crippen LogP contribution < -0.4 is 4.90 Å². The molecule has 2 nitrogen and oxygen atoms in total. The molecule has 0 aliphatic heterocycles. The van der Waals surface area contributed by atoms with Gasteiger partial charge in [-0.1, -0.05) is 6.07 Å². The molecular formula is C16H16FNO. The maximum Gasteiger partial charge on any atom is 0.152 e. The third kappa shape index (κ3) is 2.81. The fraction of sp³-hybridized carbons (Fsp3) is 0.188. The lowest BCUT2D eigenvalue weighted by atomic mass is 10.1. The van der Waals surface area contributed by atoms with Crippen LogP contribution in [0.1, 0.15) is 21.5 Å². The van der Waals surface area contributed by atoms with Gasteiger partial charge in [-0.2, -0.15) is 0 Å². The van der Waals surface area contributed by atoms with Gasteiger partial charge in [-0.05, 0) is 55.3 Å². The van der Waals surface area contributed by atoms with Gasteiger partial charge in [0, 0.05) is 18.3 Å². The highest BCUT2D eigenvalue weighted by molar-refractivity contribution is 5.86. The maximum absolute atomic E-state index is 13.2. The van der Waals surface area contributed by atoms with Gasteiger partial charge in [0.1, 0.15) is 5.82 Å². The molecule has 0 aliphatic carbocycles. The van der Waals surface area contributed by atoms with E-state index in [1.54, 1.807) is 6.07 Å². The van der Waals surface area contributed by atoms with Crippen molar-refractivity contribution < 1.29 is 9.18 Å². The first kappa shape index (κ1) is 13.3. The van der Waals surface area contributed by atoms with Crippen molar-refractivity contribution in [3.05, 3.63) is 58.9 Å². The fourth-order valence-electron chi connectivity index (χ4n) is 2.21. The van der Waals surface area contributed by atoms with Crippen LogP contribution in [0.4, 0.5) is 15.8 Å². The number of hydrogen-bond donors (Lipinski definition) is 0. The van der Waals surface area contributed by atoms with Gasteiger partial charge in [-0.25, -0.2) is 4.39 Å². The number of aldehydes is 1. The average molecular weight is 257 g/mol. The second-order valence-corrected chi connectivity index (χ2v) is 4.73. The molecule has 2 aromatic carbocycles. The summed E-state index contributed by atoms with van der Waals surface area (Å²) in [6.07, 6.45) is 0.678. The molecule has 0 atom stereocenters. The molecule has 19 heavy (non-hydrogen) atoms. The molecule has 2 rings (SSSR count). The second kappa shape index (κ2) is 5.22. The molecule has 0 unspecified atom stereocenters. The lowest BCUT2D eigenvalue weighted by Gasteiger charge is -2.22. The molecule has 2 aromatic rings. The van der Waals surface area contributed by atoms with Crippen molar-refractivity contribution in [1.82, 2.24) is 0 Å². The van der Waals surface area contributed by atoms with Crippen LogP contribution in [0.25, 0.3) is 0 Å². The van der Waals surface area contributed by atoms with Crippen molar-refractivity contribution in [3.63, 3.8) is 0 Å². The number of nitrogens with zero attached hydrogens (tertiary/aromatic N) is 1. The summed E-state index contributed by atoms with van der Waals surface area (Å²) in [6, 6.07) is 10.4. The molecule has 0 fully saturated rings. The van der Waals surface area contributed by atoms with E-state index in [0.29, 0.717) is 17.5 Å². The lowest BCUT2D eigenvalue weighted by Crippen LogP contribution is -2.12. The summed E-state index contributed by atoms with van der Waals surface area (Å²) < 4.78 is 13.2. The number of rotatable bonds is 3. The summed E-state index contributed by atoms with van der Waals surface area (Å²) in [5.74, 6) is -0.403. The Balaban J connectivity index is 2.49. The normalized spacial score (nSPS) is 10.3. The number of anilines is 2. The molecule has 98 valence electrons. The molecule has 3 heteroatoms. The Morgan fingerprint density at radius 3 is 2.26 bits per heavy atom. The van der Waals surface area contributed by atoms with Crippen LogP contribution in [0.5, 0.6) is 0 Å². The minimum Gasteiger partial charge on any atom is -0.344 e. The van der Waals surface area contributed by atoms with E-state index in [2.05, 4.69) is 6.07 Å². The van der Waals surface area contributed by atoms with Crippen molar-refractivity contribution >= 4 is 17.7 Å². The Hall–Kier alpha value is -2.16. The van der Waals surface area contributed by atoms with Crippen molar-refractivity contribution in [2.45, 2.75) is 13.8 Å². The fourth-order valence-corrected chi connectivity index (χ4v) is 2.21. The number of hydrogen-bond acceptors (Lipinski definition) is 2. The van der Waals surface area contributed by atoms with E-state index in [9.17, 15) is 9.18 Å². The summed E-state index contributed by atoms with van der Waals surface area (Å²) in [6.45, 7) is 4.05. The standard InChI is InChI=1S/C16H16FNO/c1-11-6-12(2)8-15(7-11)18(3)16-5-4-14(17)9-13(16)10-19/h4-10H,1-3H3. The predicted octanol–water partition coefficient (Wildman–Crippen LogP) is 4.02. The van der Waals surface area contributed by atoms with Crippen LogP contribution in [0.3, 0.4) is 0 Å². The Morgan fingerprint density at radius 2 is 1.68 bits per heavy atom. The molecule has 0 spiro atoms. The van der Waals surface area contributed by atoms with E-state index in [1.807, 2.05) is 37.9 Å². The molecule has 0 aromatic heterocycles. The smallest absolute Gasteiger partial charge is 0.152 e. The van der Waals surface area contributed by atoms with Crippen LogP contribution in [-0.2, 0) is 0 Å². The van der Waals surface area contributed by atoms with Gasteiger partial charge in [0.2, 0.25) is 0 Å². The molecular weight excluding hydrogens is 241 g/mol. The highest BCUT2D eigenvalue weighted by Crippen LogP contribution is 2.28. The van der Waals surface area contributed by atoms with Crippen LogP contribution in [-0.4, -0.2) is 13.3 Å². The molecule has 0 aliphatic rings. The van der Waals surface area contributed by atoms with Crippen LogP contribution in [0, 0.1) is 19.7 Å². The number of carbonyl (C=O) groups is 1. The monoisotopic (exact) mass is 257 g/mol. The summed E-state index contributed by atoms with van der Waals surface area (Å²) >= 11 is 0. The highest BCUT2D eigenvalue weighted by Gasteiger charge is 2.10. The van der Waals surface area contributed by atoms with Crippen molar-refractivity contribution in [2.24, 2.45) is 0 Å². The van der Waals surface area contributed by atoms with Gasteiger partial charge in [0.05, 0.1) is 5.69 Å². The summed E-state index contributed by atoms with van der Waals surface area (Å²) in [4.78, 5) is 12.9. The van der Waals surface area contributed by atoms with Gasteiger partial charge >= 0.3 is 0 Å². The predicted molar refractivity (Wildman–Crippen MR) is 75.8 cm³/mol. The maximum atomic E-state index is 13.2. The molecule has 0 saturated carbocycles. The molecule has 0 saturated heterocycles. The SMILES string of the molecule is Cc1cc(C)cc(N(C)c2ccc(F)cc2C=O)c1. The van der Waals surface area contributed by atoms with E-state index in [0.717, 1.165) is 16.8 Å². The third-order valence-corrected chi connectivity index (χ3v) is 3.07. The zero-order valence-electron chi connectivity index (χ0n) is 11.3. The Bertz CT molecular complexity index is 602. The summed E-state index contributed by atoms with van der Waals surface area (Å²) in [5, 5.41) is 0. The highest BCUT2D eigenvalue weighted by atomic mass is 19.1. The number of halogens is 1. The van der Waals surface area contributed by atoms with E-state index in [1.165, 1.54) is 12.1 Å². The number of benzene rings is 2. The van der Waals surface area contributed by atoms with E-state index in [4.69, 9.17) is 0 Å². The minimum atomic E-state index is -0.403. The molecule has 0 radical (unpaired) electrons. The second-order valence-electron chi connectivity index (χ2n) is 4.73. The quantitative estimate of drug-likeness (QED) is 0.774. The largest absolute Gasteiger partial charge is 0.344 e. The van der Waals surface area contributed by atoms with Gasteiger partial charge in [-0.15, -0.1) is 0 Å². The number of aryl methyl sites for hydroxylation is 2. The zero-order valence-corrected chi connectivity index (χ0v) is 11.3. The Morgan fingerprint density at radius 1 is 1.05 bits per heavy atom. The van der Waals surface area contributed by atoms with Crippen molar-refractivity contribution in [3.8, 4) is 0 Å². The summed E-state index contributed by atoms with van der Waals surface area (Å²) in [5.41, 5.74) is 4.32. The van der Waals surface area contributed by atoms with E-state index < -0.39 is 5.82 Å². The van der Waals surface area contributed by atoms with Gasteiger partial charge in [-0.3, -0.25) is 4.79 Å². The molecule has 0 amide bonds. The van der Waals surface area contributed by atoms with Gasteiger partial charge < -0.3 is 4.90 Å². The Kier molecular flexibility index (Phi) is 3.65. The zero-order chi connectivity index (χ0) is 14.0. The first-order chi connectivity index (χ1) is 9.01. The molecule has 0 N–H and O–H groups in total. The van der Waals surface area contributed by atoms with Crippen LogP contribution in [0.15, 0.2) is 36.4 Å². The third-order valence-electron chi connectivity index (χ3n) is 3.07. The molecule has 0 heterocycles. The van der Waals surface area contributed by atoms with Crippen molar-refractivity contribution in [2.75, 3.05) is 11.9 Å². The Labute approximate surface area is 112 Å². The molecule has 0 bridgehead atoms. The van der Waals surface area contributed by atoms with Gasteiger partial charge in [0.25, 0.3) is 0 Å². The lowest BCUT2D eigenvalue weighted by molar-refractivity contribution is 0.112. The van der Waals surface area contributed by atoms with E-state index >= 15 is 0 Å². The topological polar surface area (TPSA) is 20.3 Å². The van der Waals surface area contributed by atoms with Crippen molar-refractivity contribution in [1.29, 1.82) is 0 Å². The first-order valence-electron chi connectivity index (χ1n) is 6.08. The first-order valence-corrected chi connectivity index (χ1v) is 6.08. The van der Waals surface area contributed by atoms with Crippen LogP contribution in [0.2, 0.25) is 0 Å². The van der Waals surface area contributed by atoms with Gasteiger partial charge in [0.15, 0.2) is 6.29 Å².